The second-order valence-electron chi connectivity index (χ2n) is 9.71. The Hall–Kier alpha value is -3.18. The van der Waals surface area contributed by atoms with Crippen molar-refractivity contribution >= 4 is 68.2 Å². The van der Waals surface area contributed by atoms with E-state index in [0.29, 0.717) is 23.4 Å². The number of ketones is 1. The average molecular weight is 622 g/mol. The highest BCUT2D eigenvalue weighted by Gasteiger charge is 2.39. The smallest absolute Gasteiger partial charge is 0.318 e. The number of halogens is 3. The maximum Gasteiger partial charge on any atom is 0.326 e. The SMILES string of the molecule is CN1CC(=O)N(C[C@@H]2Cc3ncc(CC(=O)c4c(Cl)cccc4Cl)cc3N(S(=O)(=O)c3cccc(Cl)c3)C2)C1=O. The van der Waals surface area contributed by atoms with Crippen LogP contribution in [-0.4, -0.2) is 67.6 Å². The van der Waals surface area contributed by atoms with E-state index < -0.39 is 22.0 Å². The number of hydrogen-bond donors (Lipinski definition) is 0. The zero-order valence-corrected chi connectivity index (χ0v) is 24.3. The third kappa shape index (κ3) is 5.41. The number of anilines is 1. The first-order valence-corrected chi connectivity index (χ1v) is 14.8. The van der Waals surface area contributed by atoms with Gasteiger partial charge in [0.15, 0.2) is 5.78 Å². The van der Waals surface area contributed by atoms with Crippen LogP contribution in [0.3, 0.4) is 0 Å². The standard InChI is InChI=1S/C27H23Cl3N4O5S/c1-32-15-25(36)33(27(32)37)13-17-8-22-23(34(14-17)40(38,39)19-5-2-4-18(28)11-19)9-16(12-31-22)10-24(35)26-20(29)6-3-7-21(26)30/h2-7,9,11-12,17H,8,10,13-15H2,1H3/t17-/m0/s1. The van der Waals surface area contributed by atoms with Crippen LogP contribution in [0.2, 0.25) is 15.1 Å². The van der Waals surface area contributed by atoms with Gasteiger partial charge in [-0.3, -0.25) is 23.8 Å². The molecule has 5 rings (SSSR count). The summed E-state index contributed by atoms with van der Waals surface area (Å²) in [6.07, 6.45) is 1.72. The number of sulfonamides is 1. The summed E-state index contributed by atoms with van der Waals surface area (Å²) in [4.78, 5) is 44.9. The molecule has 9 nitrogen and oxygen atoms in total. The van der Waals surface area contributed by atoms with Gasteiger partial charge in [0.25, 0.3) is 10.0 Å². The number of urea groups is 1. The lowest BCUT2D eigenvalue weighted by Gasteiger charge is -2.36. The molecule has 1 atom stereocenters. The van der Waals surface area contributed by atoms with Crippen LogP contribution in [0.25, 0.3) is 0 Å². The van der Waals surface area contributed by atoms with E-state index in [9.17, 15) is 22.8 Å². The van der Waals surface area contributed by atoms with Gasteiger partial charge >= 0.3 is 6.03 Å². The summed E-state index contributed by atoms with van der Waals surface area (Å²) in [5.41, 5.74) is 1.41. The maximum atomic E-state index is 13.9. The molecule has 0 aliphatic carbocycles. The van der Waals surface area contributed by atoms with Gasteiger partial charge in [-0.1, -0.05) is 46.9 Å². The van der Waals surface area contributed by atoms with E-state index in [4.69, 9.17) is 34.8 Å². The summed E-state index contributed by atoms with van der Waals surface area (Å²) in [7, 11) is -2.60. The monoisotopic (exact) mass is 620 g/mol. The summed E-state index contributed by atoms with van der Waals surface area (Å²) in [5, 5.41) is 0.682. The molecule has 0 saturated carbocycles. The maximum absolute atomic E-state index is 13.9. The molecule has 3 amide bonds. The number of carbonyl (C=O) groups excluding carboxylic acids is 3. The molecular formula is C27H23Cl3N4O5S. The Morgan fingerprint density at radius 3 is 2.40 bits per heavy atom. The summed E-state index contributed by atoms with van der Waals surface area (Å²) in [6, 6.07) is 11.9. The number of aromatic nitrogens is 1. The van der Waals surface area contributed by atoms with Crippen LogP contribution in [0.4, 0.5) is 10.5 Å². The number of amides is 3. The number of benzene rings is 2. The van der Waals surface area contributed by atoms with E-state index in [0.717, 1.165) is 4.90 Å². The predicted octanol–water partition coefficient (Wildman–Crippen LogP) is 4.73. The largest absolute Gasteiger partial charge is 0.326 e. The fourth-order valence-electron chi connectivity index (χ4n) is 4.91. The third-order valence-electron chi connectivity index (χ3n) is 6.84. The van der Waals surface area contributed by atoms with Gasteiger partial charge in [0.2, 0.25) is 5.91 Å². The highest BCUT2D eigenvalue weighted by molar-refractivity contribution is 7.92. The van der Waals surface area contributed by atoms with Crippen LogP contribution in [0.1, 0.15) is 21.6 Å². The second-order valence-corrected chi connectivity index (χ2v) is 12.8. The number of hydrogen-bond acceptors (Lipinski definition) is 6. The molecule has 0 bridgehead atoms. The molecular weight excluding hydrogens is 599 g/mol. The topological polar surface area (TPSA) is 108 Å². The van der Waals surface area contributed by atoms with Crippen molar-refractivity contribution in [2.24, 2.45) is 5.92 Å². The first-order chi connectivity index (χ1) is 19.0. The summed E-state index contributed by atoms with van der Waals surface area (Å²) in [5.74, 6) is -1.10. The molecule has 0 unspecified atom stereocenters. The van der Waals surface area contributed by atoms with Crippen molar-refractivity contribution in [2.75, 3.05) is 31.0 Å². The van der Waals surface area contributed by atoms with Gasteiger partial charge < -0.3 is 4.90 Å². The van der Waals surface area contributed by atoms with E-state index in [1.807, 2.05) is 0 Å². The molecule has 1 aromatic heterocycles. The Labute approximate surface area is 246 Å². The van der Waals surface area contributed by atoms with E-state index in [-0.39, 0.29) is 63.3 Å². The number of fused-ring (bicyclic) bond motifs is 1. The quantitative estimate of drug-likeness (QED) is 0.279. The van der Waals surface area contributed by atoms with Crippen LogP contribution in [0, 0.1) is 5.92 Å². The normalized spacial score (nSPS) is 17.4. The second kappa shape index (κ2) is 11.0. The summed E-state index contributed by atoms with van der Waals surface area (Å²) in [6.45, 7) is -0.00820. The first-order valence-electron chi connectivity index (χ1n) is 12.2. The van der Waals surface area contributed by atoms with Gasteiger partial charge in [-0.15, -0.1) is 0 Å². The van der Waals surface area contributed by atoms with Crippen LogP contribution >= 0.6 is 34.8 Å². The Morgan fingerprint density at radius 1 is 1.05 bits per heavy atom. The fraction of sp³-hybridized carbons (Fsp3) is 0.259. The summed E-state index contributed by atoms with van der Waals surface area (Å²) < 4.78 is 29.0. The molecule has 1 saturated heterocycles. The molecule has 1 fully saturated rings. The average Bonchev–Trinajstić information content (AvgIpc) is 3.14. The minimum absolute atomic E-state index is 0.0158. The van der Waals surface area contributed by atoms with Crippen molar-refractivity contribution in [1.82, 2.24) is 14.8 Å². The van der Waals surface area contributed by atoms with Gasteiger partial charge in [-0.2, -0.15) is 0 Å². The molecule has 2 aliphatic rings. The van der Waals surface area contributed by atoms with Gasteiger partial charge in [0.05, 0.1) is 31.9 Å². The van der Waals surface area contributed by atoms with Gasteiger partial charge in [-0.25, -0.2) is 13.2 Å². The Balaban J connectivity index is 1.51. The molecule has 3 aromatic rings. The van der Waals surface area contributed by atoms with Gasteiger partial charge in [0, 0.05) is 43.7 Å². The zero-order valence-electron chi connectivity index (χ0n) is 21.2. The van der Waals surface area contributed by atoms with Crippen LogP contribution in [-0.2, 0) is 27.7 Å². The molecule has 208 valence electrons. The third-order valence-corrected chi connectivity index (χ3v) is 9.48. The highest BCUT2D eigenvalue weighted by atomic mass is 35.5. The lowest BCUT2D eigenvalue weighted by atomic mass is 9.95. The Bertz CT molecular complexity index is 1630. The highest BCUT2D eigenvalue weighted by Crippen LogP contribution is 2.35. The van der Waals surface area contributed by atoms with Crippen LogP contribution in [0.5, 0.6) is 0 Å². The number of Topliss-reactive ketones (excluding diaryl/α,β-unsaturated/α-hetero) is 1. The van der Waals surface area contributed by atoms with E-state index in [2.05, 4.69) is 4.98 Å². The van der Waals surface area contributed by atoms with Crippen LogP contribution < -0.4 is 4.31 Å². The predicted molar refractivity (Wildman–Crippen MR) is 152 cm³/mol. The number of imide groups is 1. The van der Waals surface area contributed by atoms with Crippen molar-refractivity contribution in [3.05, 3.63) is 86.6 Å². The van der Waals surface area contributed by atoms with Crippen molar-refractivity contribution in [3.8, 4) is 0 Å². The molecule has 0 spiro atoms. The van der Waals surface area contributed by atoms with Crippen molar-refractivity contribution in [3.63, 3.8) is 0 Å². The lowest BCUT2D eigenvalue weighted by molar-refractivity contribution is -0.125. The molecule has 2 aliphatic heterocycles. The Morgan fingerprint density at radius 2 is 1.75 bits per heavy atom. The minimum Gasteiger partial charge on any atom is -0.318 e. The zero-order chi connectivity index (χ0) is 28.8. The molecule has 40 heavy (non-hydrogen) atoms. The molecule has 3 heterocycles. The fourth-order valence-corrected chi connectivity index (χ4v) is 7.38. The first kappa shape index (κ1) is 28.4. The molecule has 0 N–H and O–H groups in total. The summed E-state index contributed by atoms with van der Waals surface area (Å²) >= 11 is 18.5. The van der Waals surface area contributed by atoms with E-state index >= 15 is 0 Å². The van der Waals surface area contributed by atoms with E-state index in [1.54, 1.807) is 30.3 Å². The molecule has 13 heteroatoms. The van der Waals surface area contributed by atoms with Gasteiger partial charge in [0.1, 0.15) is 6.54 Å². The molecule has 0 radical (unpaired) electrons. The Kier molecular flexibility index (Phi) is 7.80. The van der Waals surface area contributed by atoms with Crippen molar-refractivity contribution in [2.45, 2.75) is 17.7 Å². The number of likely N-dealkylation sites (N-methyl/N-ethyl adjacent to an activating group) is 1. The number of rotatable bonds is 7. The minimum atomic E-state index is -4.13. The molecule has 2 aromatic carbocycles. The van der Waals surface area contributed by atoms with Gasteiger partial charge in [-0.05, 0) is 48.4 Å². The number of carbonyl (C=O) groups is 3. The van der Waals surface area contributed by atoms with E-state index in [1.165, 1.54) is 40.6 Å². The lowest BCUT2D eigenvalue weighted by Crippen LogP contribution is -2.46. The number of pyridine rings is 1. The van der Waals surface area contributed by atoms with Crippen molar-refractivity contribution < 1.29 is 22.8 Å². The van der Waals surface area contributed by atoms with Crippen molar-refractivity contribution in [1.29, 1.82) is 0 Å². The number of nitrogens with zero attached hydrogens (tertiary/aromatic N) is 4. The van der Waals surface area contributed by atoms with Crippen LogP contribution in [0.15, 0.2) is 59.6 Å².